The lowest BCUT2D eigenvalue weighted by molar-refractivity contribution is 0.503. The van der Waals surface area contributed by atoms with Crippen LogP contribution in [0.25, 0.3) is 0 Å². The first-order chi connectivity index (χ1) is 9.34. The molecule has 1 aliphatic heterocycles. The number of nitrogens with zero attached hydrogens (tertiary/aromatic N) is 3. The Kier molecular flexibility index (Phi) is 6.08. The summed E-state index contributed by atoms with van der Waals surface area (Å²) < 4.78 is 0. The predicted octanol–water partition coefficient (Wildman–Crippen LogP) is 0.793. The van der Waals surface area contributed by atoms with Crippen molar-refractivity contribution in [1.29, 1.82) is 0 Å². The quantitative estimate of drug-likeness (QED) is 0.879. The highest BCUT2D eigenvalue weighted by Crippen LogP contribution is 2.31. The topological polar surface area (TPSA) is 118 Å². The van der Waals surface area contributed by atoms with E-state index in [1.165, 1.54) is 5.56 Å². The molecular weight excluding hydrogens is 268 g/mol. The molecule has 0 saturated carbocycles. The molecule has 21 heavy (non-hydrogen) atoms. The Morgan fingerprint density at radius 3 is 2.29 bits per heavy atom. The Balaban J connectivity index is 0.00000110. The maximum absolute atomic E-state index is 5.98. The first-order valence-electron chi connectivity index (χ1n) is 6.70. The zero-order chi connectivity index (χ0) is 13.1. The van der Waals surface area contributed by atoms with Gasteiger partial charge in [-0.25, -0.2) is 4.98 Å². The molecule has 3 rings (SSSR count). The van der Waals surface area contributed by atoms with E-state index in [1.807, 2.05) is 24.5 Å². The third-order valence-electron chi connectivity index (χ3n) is 3.79. The number of hydrogen-bond acceptors (Lipinski definition) is 4. The molecule has 0 radical (unpaired) electrons. The van der Waals surface area contributed by atoms with Crippen molar-refractivity contribution in [1.82, 2.24) is 9.97 Å². The molecule has 0 unspecified atom stereocenters. The average Bonchev–Trinajstić information content (AvgIpc) is 2.49. The number of nitrogen functional groups attached to an aromatic ring is 1. The molecule has 114 valence electrons. The van der Waals surface area contributed by atoms with Crippen LogP contribution in [-0.2, 0) is 0 Å². The molecule has 1 aliphatic rings. The zero-order valence-electron chi connectivity index (χ0n) is 11.9. The minimum absolute atomic E-state index is 0. The van der Waals surface area contributed by atoms with Crippen LogP contribution in [0, 0.1) is 0 Å². The summed E-state index contributed by atoms with van der Waals surface area (Å²) in [5.41, 5.74) is 8.15. The third kappa shape index (κ3) is 3.68. The minimum Gasteiger partial charge on any atom is -0.412 e. The second kappa shape index (κ2) is 7.56. The van der Waals surface area contributed by atoms with Gasteiger partial charge >= 0.3 is 0 Å². The van der Waals surface area contributed by atoms with Crippen LogP contribution in [0.3, 0.4) is 0 Å². The van der Waals surface area contributed by atoms with Crippen LogP contribution in [0.1, 0.15) is 24.3 Å². The summed E-state index contributed by atoms with van der Waals surface area (Å²) in [6.45, 7) is 2.02. The van der Waals surface area contributed by atoms with Gasteiger partial charge in [0.15, 0.2) is 5.82 Å². The van der Waals surface area contributed by atoms with E-state index < -0.39 is 0 Å². The summed E-state index contributed by atoms with van der Waals surface area (Å²) in [5.74, 6) is 1.56. The Bertz CT molecular complexity index is 542. The monoisotopic (exact) mass is 290 g/mol. The fourth-order valence-electron chi connectivity index (χ4n) is 2.73. The van der Waals surface area contributed by atoms with E-state index in [4.69, 9.17) is 5.73 Å². The average molecular weight is 290 g/mol. The maximum atomic E-state index is 5.98. The fraction of sp³-hybridized carbons (Fsp3) is 0.333. The Hall–Kier alpha value is -2.18. The molecule has 0 aliphatic carbocycles. The molecule has 1 fully saturated rings. The van der Waals surface area contributed by atoms with Crippen molar-refractivity contribution in [2.45, 2.75) is 18.8 Å². The summed E-state index contributed by atoms with van der Waals surface area (Å²) in [5, 5.41) is 0. The van der Waals surface area contributed by atoms with Gasteiger partial charge in [-0.15, -0.1) is 0 Å². The van der Waals surface area contributed by atoms with E-state index in [-0.39, 0.29) is 11.0 Å². The smallest absolute Gasteiger partial charge is 0.151 e. The van der Waals surface area contributed by atoms with Crippen LogP contribution in [0.4, 0.5) is 11.5 Å². The fourth-order valence-corrected chi connectivity index (χ4v) is 2.73. The van der Waals surface area contributed by atoms with Gasteiger partial charge in [-0.2, -0.15) is 0 Å². The van der Waals surface area contributed by atoms with Gasteiger partial charge in [-0.3, -0.25) is 4.98 Å². The standard InChI is InChI=1S/C15H18N4.2H2O/c16-14-2-1-7-18-15(14)19-10-5-13(6-11-19)12-3-8-17-9-4-12;;/h1-4,7-9,13H,5-6,10-11,16H2;2*1H2. The van der Waals surface area contributed by atoms with Crippen molar-refractivity contribution in [3.63, 3.8) is 0 Å². The van der Waals surface area contributed by atoms with Crippen LogP contribution in [-0.4, -0.2) is 34.0 Å². The second-order valence-corrected chi connectivity index (χ2v) is 4.96. The molecular formula is C15H22N4O2. The van der Waals surface area contributed by atoms with Gasteiger partial charge in [0.1, 0.15) is 0 Å². The molecule has 6 nitrogen and oxygen atoms in total. The lowest BCUT2D eigenvalue weighted by atomic mass is 9.90. The zero-order valence-corrected chi connectivity index (χ0v) is 11.9. The summed E-state index contributed by atoms with van der Waals surface area (Å²) in [7, 11) is 0. The lowest BCUT2D eigenvalue weighted by Gasteiger charge is -2.33. The first-order valence-corrected chi connectivity index (χ1v) is 6.70. The first kappa shape index (κ1) is 16.9. The van der Waals surface area contributed by atoms with E-state index >= 15 is 0 Å². The Morgan fingerprint density at radius 2 is 1.67 bits per heavy atom. The van der Waals surface area contributed by atoms with Gasteiger partial charge in [-0.05, 0) is 48.6 Å². The van der Waals surface area contributed by atoms with E-state index in [0.717, 1.165) is 37.4 Å². The van der Waals surface area contributed by atoms with E-state index in [1.54, 1.807) is 6.20 Å². The number of anilines is 2. The number of hydrogen-bond donors (Lipinski definition) is 1. The van der Waals surface area contributed by atoms with Crippen LogP contribution < -0.4 is 10.6 Å². The van der Waals surface area contributed by atoms with Crippen LogP contribution in [0.15, 0.2) is 42.9 Å². The maximum Gasteiger partial charge on any atom is 0.151 e. The highest BCUT2D eigenvalue weighted by molar-refractivity contribution is 5.62. The van der Waals surface area contributed by atoms with Crippen molar-refractivity contribution in [3.8, 4) is 0 Å². The van der Waals surface area contributed by atoms with Crippen LogP contribution >= 0.6 is 0 Å². The van der Waals surface area contributed by atoms with Crippen molar-refractivity contribution in [2.75, 3.05) is 23.7 Å². The third-order valence-corrected chi connectivity index (χ3v) is 3.79. The molecule has 1 saturated heterocycles. The van der Waals surface area contributed by atoms with Gasteiger partial charge in [0.25, 0.3) is 0 Å². The minimum atomic E-state index is 0. The predicted molar refractivity (Wildman–Crippen MR) is 84.3 cm³/mol. The van der Waals surface area contributed by atoms with Crippen molar-refractivity contribution in [2.24, 2.45) is 0 Å². The molecule has 0 bridgehead atoms. The van der Waals surface area contributed by atoms with Crippen LogP contribution in [0.5, 0.6) is 0 Å². The summed E-state index contributed by atoms with van der Waals surface area (Å²) in [6.07, 6.45) is 7.83. The lowest BCUT2D eigenvalue weighted by Crippen LogP contribution is -2.34. The van der Waals surface area contributed by atoms with Crippen molar-refractivity contribution in [3.05, 3.63) is 48.4 Å². The Labute approximate surface area is 124 Å². The SMILES string of the molecule is Nc1cccnc1N1CCC(c2ccncc2)CC1.O.O. The highest BCUT2D eigenvalue weighted by atomic mass is 16.0. The number of aromatic nitrogens is 2. The molecule has 3 heterocycles. The molecule has 0 aromatic carbocycles. The van der Waals surface area contributed by atoms with Gasteiger partial charge < -0.3 is 21.6 Å². The summed E-state index contributed by atoms with van der Waals surface area (Å²) in [6, 6.07) is 8.03. The van der Waals surface area contributed by atoms with Gasteiger partial charge in [0, 0.05) is 31.7 Å². The van der Waals surface area contributed by atoms with Gasteiger partial charge in [0.05, 0.1) is 5.69 Å². The molecule has 6 N–H and O–H groups in total. The molecule has 0 spiro atoms. The van der Waals surface area contributed by atoms with Crippen LogP contribution in [0.2, 0.25) is 0 Å². The van der Waals surface area contributed by atoms with E-state index in [0.29, 0.717) is 5.92 Å². The summed E-state index contributed by atoms with van der Waals surface area (Å²) in [4.78, 5) is 10.8. The summed E-state index contributed by atoms with van der Waals surface area (Å²) >= 11 is 0. The molecule has 2 aromatic rings. The van der Waals surface area contributed by atoms with Crippen molar-refractivity contribution < 1.29 is 11.0 Å². The largest absolute Gasteiger partial charge is 0.412 e. The number of rotatable bonds is 2. The molecule has 6 heteroatoms. The molecule has 0 atom stereocenters. The van der Waals surface area contributed by atoms with E-state index in [2.05, 4.69) is 27.0 Å². The van der Waals surface area contributed by atoms with Crippen molar-refractivity contribution >= 4 is 11.5 Å². The number of piperidine rings is 1. The van der Waals surface area contributed by atoms with E-state index in [9.17, 15) is 0 Å². The highest BCUT2D eigenvalue weighted by Gasteiger charge is 2.22. The molecule has 0 amide bonds. The number of pyridine rings is 2. The van der Waals surface area contributed by atoms with Gasteiger partial charge in [0.2, 0.25) is 0 Å². The molecule has 2 aromatic heterocycles. The van der Waals surface area contributed by atoms with Gasteiger partial charge in [-0.1, -0.05) is 0 Å². The normalized spacial score (nSPS) is 15.0. The second-order valence-electron chi connectivity index (χ2n) is 4.96. The Morgan fingerprint density at radius 1 is 1.00 bits per heavy atom. The number of nitrogens with two attached hydrogens (primary N) is 1.